The van der Waals surface area contributed by atoms with Crippen LogP contribution in [-0.2, 0) is 17.4 Å². The summed E-state index contributed by atoms with van der Waals surface area (Å²) in [6.07, 6.45) is 0.500. The summed E-state index contributed by atoms with van der Waals surface area (Å²) >= 11 is 6.47. The third-order valence-corrected chi connectivity index (χ3v) is 8.91. The van der Waals surface area contributed by atoms with E-state index in [-0.39, 0.29) is 63.5 Å². The molecule has 14 nitrogen and oxygen atoms in total. The number of alkyl halides is 3. The Kier molecular flexibility index (Phi) is 10.1. The summed E-state index contributed by atoms with van der Waals surface area (Å²) in [7, 11) is 3.48. The van der Waals surface area contributed by atoms with Crippen LogP contribution in [0.4, 0.5) is 24.7 Å². The predicted octanol–water partition coefficient (Wildman–Crippen LogP) is 3.25. The summed E-state index contributed by atoms with van der Waals surface area (Å²) in [5.41, 5.74) is -0.516. The molecule has 0 aliphatic carbocycles. The number of aromatic nitrogens is 6. The van der Waals surface area contributed by atoms with Crippen LogP contribution < -0.4 is 15.5 Å². The Bertz CT molecular complexity index is 1880. The molecule has 2 aliphatic rings. The number of imidazole rings is 1. The van der Waals surface area contributed by atoms with Crippen LogP contribution in [0.2, 0.25) is 5.02 Å². The Morgan fingerprint density at radius 3 is 2.44 bits per heavy atom. The van der Waals surface area contributed by atoms with Crippen molar-refractivity contribution in [2.75, 3.05) is 63.6 Å². The number of rotatable bonds is 8. The Morgan fingerprint density at radius 2 is 1.76 bits per heavy atom. The number of H-pyrrole nitrogens is 1. The van der Waals surface area contributed by atoms with Gasteiger partial charge in [0.1, 0.15) is 5.82 Å². The van der Waals surface area contributed by atoms with E-state index >= 15 is 0 Å². The van der Waals surface area contributed by atoms with Gasteiger partial charge in [-0.05, 0) is 50.2 Å². The lowest BCUT2D eigenvalue weighted by Gasteiger charge is -2.37. The number of aromatic amines is 1. The highest BCUT2D eigenvalue weighted by Gasteiger charge is 2.38. The second-order valence-electron chi connectivity index (χ2n) is 12.3. The molecule has 4 aromatic rings. The van der Waals surface area contributed by atoms with Crippen LogP contribution in [0.15, 0.2) is 42.9 Å². The van der Waals surface area contributed by atoms with Gasteiger partial charge in [-0.2, -0.15) is 23.3 Å². The largest absolute Gasteiger partial charge is 0.435 e. The zero-order chi connectivity index (χ0) is 35.6. The van der Waals surface area contributed by atoms with Crippen molar-refractivity contribution in [3.8, 4) is 5.95 Å². The number of carbonyl (C=O) groups is 3. The Hall–Kier alpha value is -5.03. The summed E-state index contributed by atoms with van der Waals surface area (Å²) in [4.78, 5) is 59.4. The summed E-state index contributed by atoms with van der Waals surface area (Å²) < 4.78 is 42.7. The Morgan fingerprint density at radius 1 is 1.04 bits per heavy atom. The van der Waals surface area contributed by atoms with Gasteiger partial charge >= 0.3 is 6.18 Å². The van der Waals surface area contributed by atoms with E-state index in [0.717, 1.165) is 30.6 Å². The standard InChI is InChI=1S/C32H35ClF3N11O3/c1-44(2)25-7-10-38-31(42-25)47-18-20(26(43-47)32(34,35)36)15-22-17-39-27(40-22)28(48)41-21-3-4-23(24(33)16-21)30(50)46-13-11-45(12-14-46)29(49)19-5-8-37-9-6-19/h3-4,7,10,16-19,37H,5-6,8-9,11-15H2,1-2H3,(H,39,40)(H,41,48). The van der Waals surface area contributed by atoms with E-state index in [1.54, 1.807) is 30.0 Å². The molecule has 18 heteroatoms. The molecule has 2 aliphatic heterocycles. The molecule has 5 heterocycles. The molecule has 0 spiro atoms. The van der Waals surface area contributed by atoms with Crippen LogP contribution in [0.3, 0.4) is 0 Å². The molecule has 2 saturated heterocycles. The molecular formula is C32H35ClF3N11O3. The number of nitrogens with one attached hydrogen (secondary N) is 3. The minimum atomic E-state index is -4.76. The fraction of sp³-hybridized carbons (Fsp3) is 0.406. The van der Waals surface area contributed by atoms with E-state index < -0.39 is 17.8 Å². The van der Waals surface area contributed by atoms with Crippen molar-refractivity contribution < 1.29 is 27.6 Å². The molecule has 6 rings (SSSR count). The van der Waals surface area contributed by atoms with Gasteiger partial charge in [-0.1, -0.05) is 11.6 Å². The van der Waals surface area contributed by atoms with E-state index in [1.807, 2.05) is 4.90 Å². The molecule has 0 unspecified atom stereocenters. The first-order valence-corrected chi connectivity index (χ1v) is 16.3. The topological polar surface area (TPSA) is 157 Å². The Balaban J connectivity index is 1.08. The van der Waals surface area contributed by atoms with Crippen molar-refractivity contribution in [1.29, 1.82) is 0 Å². The number of carbonyl (C=O) groups excluding carboxylic acids is 3. The van der Waals surface area contributed by atoms with E-state index in [9.17, 15) is 27.6 Å². The molecule has 0 bridgehead atoms. The molecule has 2 fully saturated rings. The fourth-order valence-corrected chi connectivity index (χ4v) is 6.19. The average Bonchev–Trinajstić information content (AvgIpc) is 3.76. The summed E-state index contributed by atoms with van der Waals surface area (Å²) in [5.74, 6) is -0.481. The van der Waals surface area contributed by atoms with E-state index in [4.69, 9.17) is 11.6 Å². The van der Waals surface area contributed by atoms with Crippen molar-refractivity contribution in [3.63, 3.8) is 0 Å². The molecule has 0 saturated carbocycles. The monoisotopic (exact) mass is 713 g/mol. The van der Waals surface area contributed by atoms with E-state index in [2.05, 4.69) is 35.7 Å². The molecule has 3 amide bonds. The summed E-state index contributed by atoms with van der Waals surface area (Å²) in [6.45, 7) is 3.32. The van der Waals surface area contributed by atoms with Crippen molar-refractivity contribution >= 4 is 40.8 Å². The highest BCUT2D eigenvalue weighted by molar-refractivity contribution is 6.34. The van der Waals surface area contributed by atoms with Crippen molar-refractivity contribution in [2.45, 2.75) is 25.4 Å². The minimum Gasteiger partial charge on any atom is -0.363 e. The van der Waals surface area contributed by atoms with Gasteiger partial charge in [-0.25, -0.2) is 14.6 Å². The lowest BCUT2D eigenvalue weighted by Crippen LogP contribution is -2.52. The lowest BCUT2D eigenvalue weighted by molar-refractivity contribution is -0.142. The van der Waals surface area contributed by atoms with Crippen molar-refractivity contribution in [3.05, 3.63) is 76.2 Å². The van der Waals surface area contributed by atoms with Crippen LogP contribution in [-0.4, -0.2) is 111 Å². The maximum absolute atomic E-state index is 13.9. The smallest absolute Gasteiger partial charge is 0.363 e. The maximum Gasteiger partial charge on any atom is 0.435 e. The summed E-state index contributed by atoms with van der Waals surface area (Å²) in [6, 6.07) is 6.08. The lowest BCUT2D eigenvalue weighted by atomic mass is 9.96. The first-order chi connectivity index (χ1) is 23.9. The van der Waals surface area contributed by atoms with Gasteiger partial charge in [0.25, 0.3) is 17.8 Å². The van der Waals surface area contributed by atoms with Gasteiger partial charge in [-0.15, -0.1) is 0 Å². The summed E-state index contributed by atoms with van der Waals surface area (Å²) in [5, 5.41) is 9.73. The van der Waals surface area contributed by atoms with Crippen LogP contribution in [0.5, 0.6) is 0 Å². The average molecular weight is 714 g/mol. The van der Waals surface area contributed by atoms with Gasteiger partial charge in [0, 0.05) is 88.1 Å². The molecular weight excluding hydrogens is 679 g/mol. The van der Waals surface area contributed by atoms with Gasteiger partial charge in [-0.3, -0.25) is 14.4 Å². The highest BCUT2D eigenvalue weighted by Crippen LogP contribution is 2.32. The van der Waals surface area contributed by atoms with Gasteiger partial charge in [0.15, 0.2) is 11.5 Å². The second-order valence-corrected chi connectivity index (χ2v) is 12.7. The molecule has 264 valence electrons. The predicted molar refractivity (Wildman–Crippen MR) is 177 cm³/mol. The van der Waals surface area contributed by atoms with Crippen LogP contribution in [0, 0.1) is 5.92 Å². The number of halogens is 4. The molecule has 0 atom stereocenters. The van der Waals surface area contributed by atoms with Crippen LogP contribution in [0.25, 0.3) is 5.95 Å². The molecule has 3 aromatic heterocycles. The number of anilines is 2. The number of benzene rings is 1. The van der Waals surface area contributed by atoms with Gasteiger partial charge in [0.2, 0.25) is 5.91 Å². The number of piperidine rings is 1. The van der Waals surface area contributed by atoms with Gasteiger partial charge in [0.05, 0.1) is 10.6 Å². The van der Waals surface area contributed by atoms with Crippen LogP contribution in [0.1, 0.15) is 50.8 Å². The zero-order valence-electron chi connectivity index (χ0n) is 27.3. The second kappa shape index (κ2) is 14.4. The van der Waals surface area contributed by atoms with E-state index in [1.165, 1.54) is 36.8 Å². The molecule has 50 heavy (non-hydrogen) atoms. The van der Waals surface area contributed by atoms with Crippen molar-refractivity contribution in [2.24, 2.45) is 5.92 Å². The number of piperazine rings is 1. The normalized spacial score (nSPS) is 15.6. The SMILES string of the molecule is CN(C)c1ccnc(-n2cc(Cc3cnc(C(=O)Nc4ccc(C(=O)N5CCN(C(=O)C6CCNCC6)CC5)c(Cl)c4)[nH]3)c(C(F)(F)F)n2)n1. The highest BCUT2D eigenvalue weighted by atomic mass is 35.5. The molecule has 1 aromatic carbocycles. The quantitative estimate of drug-likeness (QED) is 0.249. The third-order valence-electron chi connectivity index (χ3n) is 8.60. The van der Waals surface area contributed by atoms with Crippen molar-refractivity contribution in [1.82, 2.24) is 44.8 Å². The number of amides is 3. The Labute approximate surface area is 290 Å². The first-order valence-electron chi connectivity index (χ1n) is 16.0. The van der Waals surface area contributed by atoms with Gasteiger partial charge < -0.3 is 30.3 Å². The number of hydrogen-bond acceptors (Lipinski definition) is 9. The minimum absolute atomic E-state index is 0.0170. The molecule has 3 N–H and O–H groups in total. The van der Waals surface area contributed by atoms with E-state index in [0.29, 0.717) is 32.0 Å². The fourth-order valence-electron chi connectivity index (χ4n) is 5.93. The maximum atomic E-state index is 13.9. The van der Waals surface area contributed by atoms with Crippen LogP contribution >= 0.6 is 11.6 Å². The number of hydrogen-bond donors (Lipinski definition) is 3. The zero-order valence-corrected chi connectivity index (χ0v) is 28.1. The third kappa shape index (κ3) is 7.73. The molecule has 0 radical (unpaired) electrons. The first kappa shape index (κ1) is 34.8. The number of nitrogens with zero attached hydrogens (tertiary/aromatic N) is 8.